The molecule has 0 atom stereocenters. The van der Waals surface area contributed by atoms with Crippen molar-refractivity contribution in [3.8, 4) is 5.40 Å². The molecule has 1 aromatic rings. The van der Waals surface area contributed by atoms with Crippen LogP contribution in [-0.4, -0.2) is 4.92 Å². The van der Waals surface area contributed by atoms with Gasteiger partial charge in [-0.05, 0) is 5.56 Å². The van der Waals surface area contributed by atoms with E-state index in [0.29, 0.717) is 5.75 Å². The molecule has 6 heteroatoms. The molecule has 1 aromatic carbocycles. The first-order valence-electron chi connectivity index (χ1n) is 3.65. The topological polar surface area (TPSA) is 66.9 Å². The molecular formula is C8H6N2O2S2. The van der Waals surface area contributed by atoms with Crippen LogP contribution >= 0.6 is 21.6 Å². The summed E-state index contributed by atoms with van der Waals surface area (Å²) < 4.78 is 0. The summed E-state index contributed by atoms with van der Waals surface area (Å²) >= 11 is 0. The Labute approximate surface area is 88.9 Å². The highest BCUT2D eigenvalue weighted by Crippen LogP contribution is 2.25. The van der Waals surface area contributed by atoms with E-state index in [2.05, 4.69) is 0 Å². The SMILES string of the molecule is N#CSSCc1ccc([N+](=O)[O-])cc1. The molecule has 0 bridgehead atoms. The molecule has 0 amide bonds. The lowest BCUT2D eigenvalue weighted by atomic mass is 10.2. The fraction of sp³-hybridized carbons (Fsp3) is 0.125. The van der Waals surface area contributed by atoms with Crippen molar-refractivity contribution in [1.82, 2.24) is 0 Å². The van der Waals surface area contributed by atoms with Crippen LogP contribution in [0.1, 0.15) is 5.56 Å². The minimum atomic E-state index is -0.430. The zero-order valence-corrected chi connectivity index (χ0v) is 8.68. The van der Waals surface area contributed by atoms with Crippen molar-refractivity contribution in [3.63, 3.8) is 0 Å². The number of nitriles is 1. The van der Waals surface area contributed by atoms with Gasteiger partial charge in [0.25, 0.3) is 5.69 Å². The van der Waals surface area contributed by atoms with E-state index in [1.54, 1.807) is 12.1 Å². The average molecular weight is 226 g/mol. The highest BCUT2D eigenvalue weighted by atomic mass is 33.1. The summed E-state index contributed by atoms with van der Waals surface area (Å²) in [7, 11) is 2.51. The first-order chi connectivity index (χ1) is 6.74. The van der Waals surface area contributed by atoms with Gasteiger partial charge in [0.05, 0.1) is 4.92 Å². The molecular weight excluding hydrogens is 220 g/mol. The molecule has 0 aromatic heterocycles. The Morgan fingerprint density at radius 3 is 2.57 bits per heavy atom. The number of nitro groups is 1. The van der Waals surface area contributed by atoms with Gasteiger partial charge in [-0.15, -0.1) is 0 Å². The molecule has 0 saturated carbocycles. The molecule has 0 aliphatic carbocycles. The Kier molecular flexibility index (Phi) is 4.29. The molecule has 0 N–H and O–H groups in total. The summed E-state index contributed by atoms with van der Waals surface area (Å²) in [6.45, 7) is 0. The molecule has 0 aliphatic heterocycles. The van der Waals surface area contributed by atoms with Crippen molar-refractivity contribution >= 4 is 27.3 Å². The molecule has 0 saturated heterocycles. The van der Waals surface area contributed by atoms with Crippen LogP contribution < -0.4 is 0 Å². The molecule has 0 heterocycles. The van der Waals surface area contributed by atoms with E-state index >= 15 is 0 Å². The van der Waals surface area contributed by atoms with Crippen LogP contribution in [0.2, 0.25) is 0 Å². The third-order valence-electron chi connectivity index (χ3n) is 1.47. The second-order valence-corrected chi connectivity index (χ2v) is 4.44. The molecule has 72 valence electrons. The fourth-order valence-electron chi connectivity index (χ4n) is 0.838. The lowest BCUT2D eigenvalue weighted by Gasteiger charge is -1.96. The average Bonchev–Trinajstić information content (AvgIpc) is 2.19. The van der Waals surface area contributed by atoms with Gasteiger partial charge in [0.1, 0.15) is 5.40 Å². The number of thiocyanates is 1. The lowest BCUT2D eigenvalue weighted by molar-refractivity contribution is -0.384. The summed E-state index contributed by atoms with van der Waals surface area (Å²) in [5.74, 6) is 0.677. The Bertz CT molecular complexity index is 359. The van der Waals surface area contributed by atoms with Crippen molar-refractivity contribution in [3.05, 3.63) is 39.9 Å². The van der Waals surface area contributed by atoms with Crippen LogP contribution in [0.25, 0.3) is 0 Å². The zero-order valence-electron chi connectivity index (χ0n) is 7.04. The summed E-state index contributed by atoms with van der Waals surface area (Å²) in [4.78, 5) is 9.90. The van der Waals surface area contributed by atoms with Crippen molar-refractivity contribution < 1.29 is 4.92 Å². The molecule has 0 aliphatic rings. The predicted octanol–water partition coefficient (Wildman–Crippen LogP) is 2.96. The van der Waals surface area contributed by atoms with E-state index in [1.807, 2.05) is 5.40 Å². The van der Waals surface area contributed by atoms with Gasteiger partial charge in [-0.1, -0.05) is 22.9 Å². The van der Waals surface area contributed by atoms with Gasteiger partial charge < -0.3 is 0 Å². The number of non-ortho nitro benzene ring substituents is 1. The highest BCUT2D eigenvalue weighted by molar-refractivity contribution is 8.78. The maximum atomic E-state index is 10.3. The van der Waals surface area contributed by atoms with Crippen molar-refractivity contribution in [2.24, 2.45) is 0 Å². The van der Waals surface area contributed by atoms with Gasteiger partial charge in [0.15, 0.2) is 0 Å². The smallest absolute Gasteiger partial charge is 0.258 e. The van der Waals surface area contributed by atoms with E-state index in [4.69, 9.17) is 5.26 Å². The maximum Gasteiger partial charge on any atom is 0.269 e. The number of hydrogen-bond acceptors (Lipinski definition) is 5. The largest absolute Gasteiger partial charge is 0.269 e. The first kappa shape index (κ1) is 10.9. The van der Waals surface area contributed by atoms with Crippen molar-refractivity contribution in [2.75, 3.05) is 0 Å². The van der Waals surface area contributed by atoms with Crippen molar-refractivity contribution in [2.45, 2.75) is 5.75 Å². The van der Waals surface area contributed by atoms with Gasteiger partial charge in [0.2, 0.25) is 0 Å². The monoisotopic (exact) mass is 226 g/mol. The summed E-state index contributed by atoms with van der Waals surface area (Å²) in [6, 6.07) is 6.33. The summed E-state index contributed by atoms with van der Waals surface area (Å²) in [5.41, 5.74) is 1.06. The Morgan fingerprint density at radius 1 is 1.43 bits per heavy atom. The third-order valence-corrected chi connectivity index (χ3v) is 3.04. The molecule has 0 radical (unpaired) electrons. The van der Waals surface area contributed by atoms with Gasteiger partial charge in [0, 0.05) is 28.7 Å². The fourth-order valence-corrected chi connectivity index (χ4v) is 2.02. The number of nitro benzene ring substituents is 1. The minimum Gasteiger partial charge on any atom is -0.258 e. The van der Waals surface area contributed by atoms with Crippen LogP contribution in [0.3, 0.4) is 0 Å². The molecule has 4 nitrogen and oxygen atoms in total. The van der Waals surface area contributed by atoms with Gasteiger partial charge >= 0.3 is 0 Å². The Hall–Kier alpha value is -1.19. The standard InChI is InChI=1S/C8H6N2O2S2/c9-6-14-13-5-7-1-3-8(4-2-7)10(11)12/h1-4H,5H2. The van der Waals surface area contributed by atoms with Crippen molar-refractivity contribution in [1.29, 1.82) is 5.26 Å². The highest BCUT2D eigenvalue weighted by Gasteiger charge is 2.03. The zero-order chi connectivity index (χ0) is 10.4. The normalized spacial score (nSPS) is 9.36. The van der Waals surface area contributed by atoms with E-state index in [-0.39, 0.29) is 5.69 Å². The second kappa shape index (κ2) is 5.52. The Balaban J connectivity index is 2.56. The minimum absolute atomic E-state index is 0.0895. The van der Waals surface area contributed by atoms with Crippen LogP contribution in [-0.2, 0) is 5.75 Å². The second-order valence-electron chi connectivity index (χ2n) is 2.36. The van der Waals surface area contributed by atoms with Crippen LogP contribution in [0.4, 0.5) is 5.69 Å². The number of rotatable bonds is 4. The predicted molar refractivity (Wildman–Crippen MR) is 57.6 cm³/mol. The van der Waals surface area contributed by atoms with E-state index < -0.39 is 4.92 Å². The van der Waals surface area contributed by atoms with Gasteiger partial charge in [-0.3, -0.25) is 10.1 Å². The Morgan fingerprint density at radius 2 is 2.07 bits per heavy atom. The molecule has 0 spiro atoms. The number of benzene rings is 1. The third kappa shape index (κ3) is 3.28. The first-order valence-corrected chi connectivity index (χ1v) is 5.97. The van der Waals surface area contributed by atoms with Gasteiger partial charge in [-0.2, -0.15) is 5.26 Å². The molecule has 14 heavy (non-hydrogen) atoms. The summed E-state index contributed by atoms with van der Waals surface area (Å²) in [5, 5.41) is 20.5. The quantitative estimate of drug-likeness (QED) is 0.259. The van der Waals surface area contributed by atoms with Gasteiger partial charge in [-0.25, -0.2) is 0 Å². The number of hydrogen-bond donors (Lipinski definition) is 0. The van der Waals surface area contributed by atoms with Crippen LogP contribution in [0.5, 0.6) is 0 Å². The molecule has 0 fully saturated rings. The maximum absolute atomic E-state index is 10.3. The number of nitrogens with zero attached hydrogens (tertiary/aromatic N) is 2. The van der Waals surface area contributed by atoms with Crippen LogP contribution in [0, 0.1) is 20.8 Å². The van der Waals surface area contributed by atoms with E-state index in [0.717, 1.165) is 16.4 Å². The lowest BCUT2D eigenvalue weighted by Crippen LogP contribution is -1.87. The van der Waals surface area contributed by atoms with E-state index in [1.165, 1.54) is 22.9 Å². The molecule has 0 unspecified atom stereocenters. The van der Waals surface area contributed by atoms with E-state index in [9.17, 15) is 10.1 Å². The van der Waals surface area contributed by atoms with Crippen LogP contribution in [0.15, 0.2) is 24.3 Å². The summed E-state index contributed by atoms with van der Waals surface area (Å²) in [6.07, 6.45) is 0. The molecule has 1 rings (SSSR count).